The predicted octanol–water partition coefficient (Wildman–Crippen LogP) is 1.49. The highest BCUT2D eigenvalue weighted by molar-refractivity contribution is 5.04. The van der Waals surface area contributed by atoms with Crippen LogP contribution in [-0.4, -0.2) is 24.5 Å². The van der Waals surface area contributed by atoms with Gasteiger partial charge in [0.15, 0.2) is 0 Å². The number of hydrogen-bond acceptors (Lipinski definition) is 1. The molecule has 2 rings (SSSR count). The van der Waals surface area contributed by atoms with Crippen molar-refractivity contribution in [3.8, 4) is 0 Å². The highest BCUT2D eigenvalue weighted by atomic mass is 15.2. The third-order valence-electron chi connectivity index (χ3n) is 2.61. The molecule has 1 nitrogen and oxygen atoms in total. The smallest absolute Gasteiger partial charge is 0.00505 e. The molecule has 2 fully saturated rings. The third-order valence-corrected chi connectivity index (χ3v) is 2.61. The Hall–Kier alpha value is -0.0400. The summed E-state index contributed by atoms with van der Waals surface area (Å²) in [5, 5.41) is 0. The van der Waals surface area contributed by atoms with Gasteiger partial charge < -0.3 is 4.90 Å². The fourth-order valence-corrected chi connectivity index (χ4v) is 1.87. The molecule has 1 aliphatic carbocycles. The Labute approximate surface area is 57.0 Å². The first-order chi connectivity index (χ1) is 4.35. The standard InChI is InChI=1S/C8H15N/c1-2-5-9-6-8(7-9)3-4-8/h2-7H2,1H3. The van der Waals surface area contributed by atoms with Crippen LogP contribution < -0.4 is 0 Å². The minimum absolute atomic E-state index is 0.870. The number of rotatable bonds is 2. The molecule has 0 aromatic carbocycles. The highest BCUT2D eigenvalue weighted by Crippen LogP contribution is 2.52. The van der Waals surface area contributed by atoms with Crippen LogP contribution in [0.2, 0.25) is 0 Å². The number of likely N-dealkylation sites (tertiary alicyclic amines) is 1. The second-order valence-corrected chi connectivity index (χ2v) is 3.71. The van der Waals surface area contributed by atoms with E-state index in [9.17, 15) is 0 Å². The Morgan fingerprint density at radius 2 is 2.00 bits per heavy atom. The molecule has 2 aliphatic rings. The van der Waals surface area contributed by atoms with Gasteiger partial charge in [0.05, 0.1) is 0 Å². The average molecular weight is 125 g/mol. The molecule has 1 spiro atoms. The first kappa shape index (κ1) is 5.72. The fourth-order valence-electron chi connectivity index (χ4n) is 1.87. The van der Waals surface area contributed by atoms with Gasteiger partial charge in [-0.3, -0.25) is 0 Å². The molecule has 0 amide bonds. The van der Waals surface area contributed by atoms with Gasteiger partial charge in [0.25, 0.3) is 0 Å². The van der Waals surface area contributed by atoms with Gasteiger partial charge in [0, 0.05) is 13.1 Å². The summed E-state index contributed by atoms with van der Waals surface area (Å²) in [4.78, 5) is 2.58. The SMILES string of the molecule is CCCN1CC2(CC2)C1. The largest absolute Gasteiger partial charge is 0.302 e. The lowest BCUT2D eigenvalue weighted by Gasteiger charge is -2.39. The quantitative estimate of drug-likeness (QED) is 0.540. The summed E-state index contributed by atoms with van der Waals surface area (Å²) < 4.78 is 0. The van der Waals surface area contributed by atoms with Gasteiger partial charge in [-0.05, 0) is 31.2 Å². The minimum Gasteiger partial charge on any atom is -0.302 e. The first-order valence-corrected chi connectivity index (χ1v) is 4.07. The maximum atomic E-state index is 2.58. The van der Waals surface area contributed by atoms with Crippen molar-refractivity contribution in [2.75, 3.05) is 19.6 Å². The minimum atomic E-state index is 0.870. The summed E-state index contributed by atoms with van der Waals surface area (Å²) in [7, 11) is 0. The number of nitrogens with zero attached hydrogens (tertiary/aromatic N) is 1. The van der Waals surface area contributed by atoms with Crippen LogP contribution in [0.3, 0.4) is 0 Å². The maximum absolute atomic E-state index is 2.58. The van der Waals surface area contributed by atoms with Crippen LogP contribution in [0.15, 0.2) is 0 Å². The molecule has 0 N–H and O–H groups in total. The molecule has 1 saturated carbocycles. The molecule has 1 heteroatoms. The zero-order chi connectivity index (χ0) is 6.32. The predicted molar refractivity (Wildman–Crippen MR) is 38.4 cm³/mol. The van der Waals surface area contributed by atoms with E-state index in [4.69, 9.17) is 0 Å². The molecule has 1 aliphatic heterocycles. The second-order valence-electron chi connectivity index (χ2n) is 3.71. The zero-order valence-electron chi connectivity index (χ0n) is 6.19. The van der Waals surface area contributed by atoms with Crippen molar-refractivity contribution in [1.29, 1.82) is 0 Å². The number of hydrogen-bond donors (Lipinski definition) is 0. The molecule has 52 valence electrons. The van der Waals surface area contributed by atoms with Gasteiger partial charge in [-0.2, -0.15) is 0 Å². The molecule has 9 heavy (non-hydrogen) atoms. The summed E-state index contributed by atoms with van der Waals surface area (Å²) in [5.41, 5.74) is 0.870. The van der Waals surface area contributed by atoms with E-state index >= 15 is 0 Å². The fraction of sp³-hybridized carbons (Fsp3) is 1.00. The topological polar surface area (TPSA) is 3.24 Å². The van der Waals surface area contributed by atoms with Crippen molar-refractivity contribution in [2.24, 2.45) is 5.41 Å². The first-order valence-electron chi connectivity index (χ1n) is 4.07. The monoisotopic (exact) mass is 125 g/mol. The van der Waals surface area contributed by atoms with Crippen LogP contribution in [0.4, 0.5) is 0 Å². The molecular formula is C8H15N. The Balaban J connectivity index is 1.71. The van der Waals surface area contributed by atoms with E-state index in [0.717, 1.165) is 5.41 Å². The Morgan fingerprint density at radius 3 is 2.44 bits per heavy atom. The van der Waals surface area contributed by atoms with Crippen LogP contribution >= 0.6 is 0 Å². The van der Waals surface area contributed by atoms with E-state index < -0.39 is 0 Å². The van der Waals surface area contributed by atoms with Crippen molar-refractivity contribution in [3.05, 3.63) is 0 Å². The van der Waals surface area contributed by atoms with Crippen LogP contribution in [0.5, 0.6) is 0 Å². The lowest BCUT2D eigenvalue weighted by atomic mass is 9.97. The van der Waals surface area contributed by atoms with Crippen molar-refractivity contribution in [1.82, 2.24) is 4.90 Å². The lowest BCUT2D eigenvalue weighted by Crippen LogP contribution is -2.48. The van der Waals surface area contributed by atoms with Gasteiger partial charge in [0.2, 0.25) is 0 Å². The van der Waals surface area contributed by atoms with Crippen LogP contribution in [0.25, 0.3) is 0 Å². The van der Waals surface area contributed by atoms with Gasteiger partial charge >= 0.3 is 0 Å². The zero-order valence-corrected chi connectivity index (χ0v) is 6.19. The molecule has 0 atom stereocenters. The van der Waals surface area contributed by atoms with Crippen molar-refractivity contribution < 1.29 is 0 Å². The van der Waals surface area contributed by atoms with E-state index in [-0.39, 0.29) is 0 Å². The average Bonchev–Trinajstić information content (AvgIpc) is 2.45. The van der Waals surface area contributed by atoms with Gasteiger partial charge in [-0.25, -0.2) is 0 Å². The second kappa shape index (κ2) is 1.72. The van der Waals surface area contributed by atoms with Crippen molar-refractivity contribution in [2.45, 2.75) is 26.2 Å². The highest BCUT2D eigenvalue weighted by Gasteiger charge is 2.51. The normalized spacial score (nSPS) is 30.3. The van der Waals surface area contributed by atoms with E-state index in [1.54, 1.807) is 0 Å². The maximum Gasteiger partial charge on any atom is 0.00505 e. The molecule has 0 radical (unpaired) electrons. The summed E-state index contributed by atoms with van der Waals surface area (Å²) in [6.45, 7) is 6.43. The lowest BCUT2D eigenvalue weighted by molar-refractivity contribution is 0.0822. The molecule has 0 unspecified atom stereocenters. The Morgan fingerprint density at radius 1 is 1.33 bits per heavy atom. The summed E-state index contributed by atoms with van der Waals surface area (Å²) >= 11 is 0. The molecule has 0 aromatic rings. The molecular weight excluding hydrogens is 110 g/mol. The van der Waals surface area contributed by atoms with Crippen LogP contribution in [0, 0.1) is 5.41 Å². The molecule has 0 aromatic heterocycles. The molecule has 0 bridgehead atoms. The van der Waals surface area contributed by atoms with E-state index in [0.29, 0.717) is 0 Å². The van der Waals surface area contributed by atoms with E-state index in [2.05, 4.69) is 11.8 Å². The molecule has 1 saturated heterocycles. The van der Waals surface area contributed by atoms with Crippen LogP contribution in [0.1, 0.15) is 26.2 Å². The van der Waals surface area contributed by atoms with Crippen LogP contribution in [-0.2, 0) is 0 Å². The van der Waals surface area contributed by atoms with E-state index in [1.807, 2.05) is 0 Å². The van der Waals surface area contributed by atoms with Crippen molar-refractivity contribution in [3.63, 3.8) is 0 Å². The summed E-state index contributed by atoms with van der Waals surface area (Å²) in [6, 6.07) is 0. The summed E-state index contributed by atoms with van der Waals surface area (Å²) in [6.07, 6.45) is 4.37. The Kier molecular flexibility index (Phi) is 1.10. The van der Waals surface area contributed by atoms with Gasteiger partial charge in [-0.1, -0.05) is 6.92 Å². The van der Waals surface area contributed by atoms with Gasteiger partial charge in [0.1, 0.15) is 0 Å². The Bertz CT molecular complexity index is 108. The summed E-state index contributed by atoms with van der Waals surface area (Å²) in [5.74, 6) is 0. The third kappa shape index (κ3) is 0.877. The molecule has 1 heterocycles. The van der Waals surface area contributed by atoms with Gasteiger partial charge in [-0.15, -0.1) is 0 Å². The van der Waals surface area contributed by atoms with Crippen molar-refractivity contribution >= 4 is 0 Å². The van der Waals surface area contributed by atoms with E-state index in [1.165, 1.54) is 38.9 Å².